The number of alkyl halides is 1. The molecular formula is C9H12FNS. The molecule has 0 saturated carbocycles. The summed E-state index contributed by atoms with van der Waals surface area (Å²) < 4.78 is 16.1. The fourth-order valence-electron chi connectivity index (χ4n) is 0.829. The lowest BCUT2D eigenvalue weighted by molar-refractivity contribution is 0.467. The van der Waals surface area contributed by atoms with E-state index in [1.54, 1.807) is 12.1 Å². The molecule has 0 spiro atoms. The van der Waals surface area contributed by atoms with E-state index in [1.807, 2.05) is 25.1 Å². The van der Waals surface area contributed by atoms with E-state index < -0.39 is 5.50 Å². The summed E-state index contributed by atoms with van der Waals surface area (Å²) in [6.45, 7) is 2.72. The van der Waals surface area contributed by atoms with Gasteiger partial charge in [-0.15, -0.1) is 0 Å². The third-order valence-electron chi connectivity index (χ3n) is 1.39. The van der Waals surface area contributed by atoms with Crippen LogP contribution in [-0.4, -0.2) is 6.54 Å². The van der Waals surface area contributed by atoms with Crippen molar-refractivity contribution in [3.8, 4) is 0 Å². The van der Waals surface area contributed by atoms with Crippen LogP contribution < -0.4 is 4.72 Å². The van der Waals surface area contributed by atoms with Gasteiger partial charge >= 0.3 is 0 Å². The molecule has 0 aliphatic heterocycles. The fraction of sp³-hybridized carbons (Fsp3) is 0.333. The summed E-state index contributed by atoms with van der Waals surface area (Å²) in [6, 6.07) is 9.14. The number of benzene rings is 1. The van der Waals surface area contributed by atoms with Crippen molar-refractivity contribution in [1.29, 1.82) is 0 Å². The van der Waals surface area contributed by atoms with Gasteiger partial charge in [-0.25, -0.2) is 4.39 Å². The molecule has 0 aromatic heterocycles. The standard InChI is InChI=1S/C9H12FNS/c1-2-11-12-9(10)8-6-4-3-5-7-8/h3-7,9,11H,2H2,1H3. The third-order valence-corrected chi connectivity index (χ3v) is 2.33. The largest absolute Gasteiger partial charge is 0.262 e. The number of hydrogen-bond acceptors (Lipinski definition) is 2. The van der Waals surface area contributed by atoms with Crippen LogP contribution in [0, 0.1) is 0 Å². The van der Waals surface area contributed by atoms with Crippen LogP contribution in [0.2, 0.25) is 0 Å². The quantitative estimate of drug-likeness (QED) is 0.724. The van der Waals surface area contributed by atoms with Gasteiger partial charge in [0.2, 0.25) is 0 Å². The van der Waals surface area contributed by atoms with Gasteiger partial charge in [0.25, 0.3) is 0 Å². The van der Waals surface area contributed by atoms with Crippen LogP contribution in [-0.2, 0) is 0 Å². The van der Waals surface area contributed by atoms with Crippen LogP contribution in [0.25, 0.3) is 0 Å². The van der Waals surface area contributed by atoms with Crippen LogP contribution in [0.1, 0.15) is 18.0 Å². The third kappa shape index (κ3) is 2.83. The monoisotopic (exact) mass is 185 g/mol. The molecule has 0 fully saturated rings. The van der Waals surface area contributed by atoms with Crippen molar-refractivity contribution in [2.75, 3.05) is 6.54 Å². The second-order valence-electron chi connectivity index (χ2n) is 2.34. The summed E-state index contributed by atoms with van der Waals surface area (Å²) in [5.41, 5.74) is -0.255. The number of rotatable bonds is 4. The summed E-state index contributed by atoms with van der Waals surface area (Å²) in [4.78, 5) is 0. The highest BCUT2D eigenvalue weighted by molar-refractivity contribution is 7.97. The van der Waals surface area contributed by atoms with E-state index in [0.29, 0.717) is 5.56 Å². The molecule has 0 saturated heterocycles. The topological polar surface area (TPSA) is 12.0 Å². The molecule has 0 amide bonds. The lowest BCUT2D eigenvalue weighted by atomic mass is 10.2. The Bertz CT molecular complexity index is 215. The van der Waals surface area contributed by atoms with Gasteiger partial charge in [0.1, 0.15) is 0 Å². The van der Waals surface area contributed by atoms with Crippen molar-refractivity contribution in [1.82, 2.24) is 4.72 Å². The van der Waals surface area contributed by atoms with Crippen molar-refractivity contribution < 1.29 is 4.39 Å². The zero-order valence-corrected chi connectivity index (χ0v) is 7.77. The van der Waals surface area contributed by atoms with Gasteiger partial charge in [-0.1, -0.05) is 37.3 Å². The molecule has 1 aromatic rings. The van der Waals surface area contributed by atoms with Gasteiger partial charge in [0.05, 0.1) is 0 Å². The Morgan fingerprint density at radius 2 is 2.08 bits per heavy atom. The van der Waals surface area contributed by atoms with Gasteiger partial charge in [-0.3, -0.25) is 4.72 Å². The minimum absolute atomic E-state index is 0.712. The van der Waals surface area contributed by atoms with Crippen LogP contribution >= 0.6 is 11.9 Å². The Morgan fingerprint density at radius 1 is 1.42 bits per heavy atom. The molecule has 1 aromatic carbocycles. The molecule has 1 rings (SSSR count). The second-order valence-corrected chi connectivity index (χ2v) is 3.28. The predicted octanol–water partition coefficient (Wildman–Crippen LogP) is 2.91. The Morgan fingerprint density at radius 3 is 2.67 bits per heavy atom. The highest BCUT2D eigenvalue weighted by Gasteiger charge is 2.07. The zero-order valence-electron chi connectivity index (χ0n) is 6.96. The zero-order chi connectivity index (χ0) is 8.81. The average Bonchev–Trinajstić information content (AvgIpc) is 2.15. The number of nitrogens with one attached hydrogen (secondary N) is 1. The van der Waals surface area contributed by atoms with E-state index in [-0.39, 0.29) is 0 Å². The van der Waals surface area contributed by atoms with Crippen molar-refractivity contribution in [3.63, 3.8) is 0 Å². The van der Waals surface area contributed by atoms with E-state index in [9.17, 15) is 4.39 Å². The minimum atomic E-state index is -0.967. The maximum atomic E-state index is 13.2. The first-order chi connectivity index (χ1) is 5.84. The van der Waals surface area contributed by atoms with E-state index >= 15 is 0 Å². The van der Waals surface area contributed by atoms with Gasteiger partial charge < -0.3 is 0 Å². The molecule has 12 heavy (non-hydrogen) atoms. The first-order valence-corrected chi connectivity index (χ1v) is 4.80. The lowest BCUT2D eigenvalue weighted by Gasteiger charge is -2.06. The molecular weight excluding hydrogens is 173 g/mol. The first-order valence-electron chi connectivity index (χ1n) is 3.92. The van der Waals surface area contributed by atoms with Crippen molar-refractivity contribution >= 4 is 11.9 Å². The Kier molecular flexibility index (Phi) is 4.11. The van der Waals surface area contributed by atoms with Gasteiger partial charge in [0.15, 0.2) is 5.50 Å². The van der Waals surface area contributed by atoms with Crippen LogP contribution in [0.15, 0.2) is 30.3 Å². The van der Waals surface area contributed by atoms with E-state index in [0.717, 1.165) is 18.5 Å². The molecule has 1 N–H and O–H groups in total. The van der Waals surface area contributed by atoms with E-state index in [4.69, 9.17) is 0 Å². The fourth-order valence-corrected chi connectivity index (χ4v) is 1.44. The molecule has 0 aliphatic rings. The molecule has 1 atom stereocenters. The highest BCUT2D eigenvalue weighted by atomic mass is 32.2. The molecule has 66 valence electrons. The summed E-state index contributed by atoms with van der Waals surface area (Å²) in [7, 11) is 0. The van der Waals surface area contributed by atoms with E-state index in [1.165, 1.54) is 0 Å². The molecule has 1 nitrogen and oxygen atoms in total. The molecule has 1 unspecified atom stereocenters. The van der Waals surface area contributed by atoms with Crippen molar-refractivity contribution in [2.45, 2.75) is 12.4 Å². The Balaban J connectivity index is 2.48. The maximum Gasteiger partial charge on any atom is 0.184 e. The molecule has 0 heterocycles. The molecule has 0 bridgehead atoms. The van der Waals surface area contributed by atoms with Crippen LogP contribution in [0.3, 0.4) is 0 Å². The number of halogens is 1. The second kappa shape index (κ2) is 5.17. The van der Waals surface area contributed by atoms with Crippen molar-refractivity contribution in [2.24, 2.45) is 0 Å². The first kappa shape index (κ1) is 9.55. The maximum absolute atomic E-state index is 13.2. The minimum Gasteiger partial charge on any atom is -0.262 e. The van der Waals surface area contributed by atoms with Crippen LogP contribution in [0.5, 0.6) is 0 Å². The normalized spacial score (nSPS) is 12.8. The Labute approximate surface area is 76.5 Å². The van der Waals surface area contributed by atoms with Gasteiger partial charge in [-0.2, -0.15) is 0 Å². The average molecular weight is 185 g/mol. The summed E-state index contributed by atoms with van der Waals surface area (Å²) in [5, 5.41) is 0. The van der Waals surface area contributed by atoms with Gasteiger partial charge in [-0.05, 0) is 17.5 Å². The summed E-state index contributed by atoms with van der Waals surface area (Å²) in [6.07, 6.45) is 0. The number of hydrogen-bond donors (Lipinski definition) is 1. The summed E-state index contributed by atoms with van der Waals surface area (Å²) in [5.74, 6) is 0. The molecule has 3 heteroatoms. The predicted molar refractivity (Wildman–Crippen MR) is 51.6 cm³/mol. The van der Waals surface area contributed by atoms with E-state index in [2.05, 4.69) is 4.72 Å². The molecule has 0 aliphatic carbocycles. The summed E-state index contributed by atoms with van der Waals surface area (Å²) >= 11 is 1.11. The van der Waals surface area contributed by atoms with Crippen molar-refractivity contribution in [3.05, 3.63) is 35.9 Å². The molecule has 0 radical (unpaired) electrons. The lowest BCUT2D eigenvalue weighted by Crippen LogP contribution is -2.03. The smallest absolute Gasteiger partial charge is 0.184 e. The van der Waals surface area contributed by atoms with Crippen LogP contribution in [0.4, 0.5) is 4.39 Å². The van der Waals surface area contributed by atoms with Gasteiger partial charge in [0, 0.05) is 6.54 Å². The SMILES string of the molecule is CCNSC(F)c1ccccc1. The highest BCUT2D eigenvalue weighted by Crippen LogP contribution is 2.26. The Hall–Kier alpha value is -0.540.